The predicted octanol–water partition coefficient (Wildman–Crippen LogP) is 1.60. The Balaban J connectivity index is 2.94. The van der Waals surface area contributed by atoms with E-state index in [1.165, 1.54) is 6.21 Å². The van der Waals surface area contributed by atoms with Crippen LogP contribution in [0.2, 0.25) is 0 Å². The average Bonchev–Trinajstić information content (AvgIpc) is 2.12. The summed E-state index contributed by atoms with van der Waals surface area (Å²) in [5, 5.41) is 13.2. The molecule has 5 nitrogen and oxygen atoms in total. The number of phenolic OH excluding ortho intramolecular Hbond substituents is 1. The van der Waals surface area contributed by atoms with Gasteiger partial charge in [0.2, 0.25) is 0 Å². The van der Waals surface area contributed by atoms with Crippen LogP contribution < -0.4 is 11.2 Å². The number of urea groups is 1. The highest BCUT2D eigenvalue weighted by molar-refractivity contribution is 14.1. The SMILES string of the molecule is NC(=O)NN=Cc1cc(I)cc(I)c1O. The Hall–Kier alpha value is -0.580. The summed E-state index contributed by atoms with van der Waals surface area (Å²) in [6.07, 6.45) is 1.34. The lowest BCUT2D eigenvalue weighted by Gasteiger charge is -2.02. The van der Waals surface area contributed by atoms with E-state index in [1.807, 2.05) is 28.7 Å². The molecule has 2 amide bonds. The van der Waals surface area contributed by atoms with Crippen molar-refractivity contribution >= 4 is 57.4 Å². The third kappa shape index (κ3) is 3.81. The van der Waals surface area contributed by atoms with Gasteiger partial charge >= 0.3 is 6.03 Å². The highest BCUT2D eigenvalue weighted by atomic mass is 127. The maximum atomic E-state index is 10.3. The van der Waals surface area contributed by atoms with E-state index in [4.69, 9.17) is 5.73 Å². The molecule has 0 fully saturated rings. The molecule has 1 rings (SSSR count). The Morgan fingerprint density at radius 2 is 2.20 bits per heavy atom. The number of hydrogen-bond acceptors (Lipinski definition) is 3. The highest BCUT2D eigenvalue weighted by Crippen LogP contribution is 2.25. The molecule has 0 aliphatic rings. The molecule has 0 heterocycles. The van der Waals surface area contributed by atoms with Crippen molar-refractivity contribution in [2.24, 2.45) is 10.8 Å². The maximum absolute atomic E-state index is 10.3. The number of nitrogens with two attached hydrogens (primary N) is 1. The lowest BCUT2D eigenvalue weighted by Crippen LogP contribution is -2.24. The summed E-state index contributed by atoms with van der Waals surface area (Å²) in [6, 6.07) is 2.82. The van der Waals surface area contributed by atoms with E-state index in [9.17, 15) is 9.90 Å². The Morgan fingerprint density at radius 1 is 1.53 bits per heavy atom. The number of hydrogen-bond donors (Lipinski definition) is 3. The summed E-state index contributed by atoms with van der Waals surface area (Å²) in [5.41, 5.74) is 7.41. The predicted molar refractivity (Wildman–Crippen MR) is 73.9 cm³/mol. The molecule has 1 aromatic rings. The number of phenols is 1. The standard InChI is InChI=1S/C8H7I2N3O2/c9-5-1-4(3-12-13-8(11)15)7(14)6(10)2-5/h1-3,14H,(H3,11,13,15). The summed E-state index contributed by atoms with van der Waals surface area (Å²) < 4.78 is 1.69. The highest BCUT2D eigenvalue weighted by Gasteiger charge is 2.04. The number of rotatable bonds is 2. The van der Waals surface area contributed by atoms with E-state index in [-0.39, 0.29) is 5.75 Å². The van der Waals surface area contributed by atoms with Gasteiger partial charge in [0.1, 0.15) is 5.75 Å². The number of hydrazone groups is 1. The van der Waals surface area contributed by atoms with Gasteiger partial charge in [-0.05, 0) is 57.3 Å². The molecule has 0 aliphatic heterocycles. The number of nitrogens with zero attached hydrogens (tertiary/aromatic N) is 1. The second-order valence-electron chi connectivity index (χ2n) is 2.56. The van der Waals surface area contributed by atoms with Crippen LogP contribution in [0.4, 0.5) is 4.79 Å². The smallest absolute Gasteiger partial charge is 0.332 e. The minimum absolute atomic E-state index is 0.131. The molecular formula is C8H7I2N3O2. The van der Waals surface area contributed by atoms with Crippen molar-refractivity contribution in [2.75, 3.05) is 0 Å². The first-order valence-electron chi connectivity index (χ1n) is 3.77. The van der Waals surface area contributed by atoms with E-state index < -0.39 is 6.03 Å². The molecule has 0 aliphatic carbocycles. The monoisotopic (exact) mass is 431 g/mol. The molecular weight excluding hydrogens is 424 g/mol. The summed E-state index contributed by atoms with van der Waals surface area (Å²) in [7, 11) is 0. The molecule has 0 atom stereocenters. The molecule has 0 radical (unpaired) electrons. The number of carbonyl (C=O) groups is 1. The lowest BCUT2D eigenvalue weighted by atomic mass is 10.2. The van der Waals surface area contributed by atoms with E-state index in [0.29, 0.717) is 5.56 Å². The lowest BCUT2D eigenvalue weighted by molar-refractivity contribution is 0.249. The van der Waals surface area contributed by atoms with Crippen molar-refractivity contribution in [2.45, 2.75) is 0 Å². The van der Waals surface area contributed by atoms with Crippen LogP contribution in [-0.4, -0.2) is 17.4 Å². The normalized spacial score (nSPS) is 10.5. The molecule has 7 heteroatoms. The van der Waals surface area contributed by atoms with Crippen LogP contribution >= 0.6 is 45.2 Å². The van der Waals surface area contributed by atoms with Crippen molar-refractivity contribution in [3.8, 4) is 5.75 Å². The Bertz CT molecular complexity index is 421. The van der Waals surface area contributed by atoms with Gasteiger partial charge in [-0.3, -0.25) is 0 Å². The minimum Gasteiger partial charge on any atom is -0.506 e. The van der Waals surface area contributed by atoms with Gasteiger partial charge < -0.3 is 10.8 Å². The van der Waals surface area contributed by atoms with Crippen molar-refractivity contribution in [3.63, 3.8) is 0 Å². The third-order valence-corrected chi connectivity index (χ3v) is 2.88. The van der Waals surface area contributed by atoms with Gasteiger partial charge in [0.15, 0.2) is 0 Å². The fourth-order valence-electron chi connectivity index (χ4n) is 0.850. The minimum atomic E-state index is -0.744. The summed E-state index contributed by atoms with van der Waals surface area (Å²) in [6.45, 7) is 0. The summed E-state index contributed by atoms with van der Waals surface area (Å²) >= 11 is 4.14. The third-order valence-electron chi connectivity index (χ3n) is 1.44. The van der Waals surface area contributed by atoms with Crippen molar-refractivity contribution in [1.82, 2.24) is 5.43 Å². The van der Waals surface area contributed by atoms with Gasteiger partial charge in [-0.1, -0.05) is 0 Å². The van der Waals surface area contributed by atoms with Gasteiger partial charge in [0.25, 0.3) is 0 Å². The zero-order chi connectivity index (χ0) is 11.4. The van der Waals surface area contributed by atoms with Crippen molar-refractivity contribution < 1.29 is 9.90 Å². The van der Waals surface area contributed by atoms with Crippen LogP contribution in [0.1, 0.15) is 5.56 Å². The van der Waals surface area contributed by atoms with E-state index in [1.54, 1.807) is 6.07 Å². The van der Waals surface area contributed by atoms with Crippen LogP contribution in [-0.2, 0) is 0 Å². The number of amides is 2. The molecule has 1 aromatic carbocycles. The first-order valence-corrected chi connectivity index (χ1v) is 5.93. The molecule has 0 saturated heterocycles. The Labute approximate surface area is 113 Å². The van der Waals surface area contributed by atoms with E-state index in [0.717, 1.165) is 7.14 Å². The van der Waals surface area contributed by atoms with Crippen LogP contribution in [0.15, 0.2) is 17.2 Å². The van der Waals surface area contributed by atoms with Crippen molar-refractivity contribution in [1.29, 1.82) is 0 Å². The maximum Gasteiger partial charge on any atom is 0.332 e. The molecule has 15 heavy (non-hydrogen) atoms. The zero-order valence-corrected chi connectivity index (χ0v) is 11.7. The Kier molecular flexibility index (Phi) is 4.57. The average molecular weight is 431 g/mol. The van der Waals surface area contributed by atoms with Gasteiger partial charge in [0, 0.05) is 9.13 Å². The van der Waals surface area contributed by atoms with E-state index >= 15 is 0 Å². The molecule has 0 spiro atoms. The van der Waals surface area contributed by atoms with E-state index in [2.05, 4.69) is 33.1 Å². The largest absolute Gasteiger partial charge is 0.506 e. The van der Waals surface area contributed by atoms with Crippen LogP contribution in [0.3, 0.4) is 0 Å². The zero-order valence-electron chi connectivity index (χ0n) is 7.37. The van der Waals surface area contributed by atoms with Gasteiger partial charge in [-0.2, -0.15) is 5.10 Å². The second-order valence-corrected chi connectivity index (χ2v) is 4.97. The van der Waals surface area contributed by atoms with Crippen LogP contribution in [0, 0.1) is 7.14 Å². The number of primary amides is 1. The second kappa shape index (κ2) is 5.49. The number of nitrogens with one attached hydrogen (secondary N) is 1. The fourth-order valence-corrected chi connectivity index (χ4v) is 2.74. The van der Waals surface area contributed by atoms with Crippen LogP contribution in [0.25, 0.3) is 0 Å². The number of benzene rings is 1. The van der Waals surface area contributed by atoms with Gasteiger partial charge in [0.05, 0.1) is 9.78 Å². The molecule has 4 N–H and O–H groups in total. The quantitative estimate of drug-likeness (QED) is 0.378. The molecule has 80 valence electrons. The van der Waals surface area contributed by atoms with Crippen molar-refractivity contribution in [3.05, 3.63) is 24.8 Å². The first kappa shape index (κ1) is 12.5. The molecule has 0 bridgehead atoms. The number of halogens is 2. The molecule has 0 aromatic heterocycles. The first-order chi connectivity index (χ1) is 7.00. The number of carbonyl (C=O) groups excluding carboxylic acids is 1. The Morgan fingerprint density at radius 3 is 2.80 bits per heavy atom. The van der Waals surface area contributed by atoms with Gasteiger partial charge in [-0.25, -0.2) is 10.2 Å². The van der Waals surface area contributed by atoms with Crippen LogP contribution in [0.5, 0.6) is 5.75 Å². The summed E-state index contributed by atoms with van der Waals surface area (Å²) in [4.78, 5) is 10.3. The number of aromatic hydroxyl groups is 1. The molecule has 0 saturated carbocycles. The fraction of sp³-hybridized carbons (Fsp3) is 0. The topological polar surface area (TPSA) is 87.7 Å². The molecule has 0 unspecified atom stereocenters. The van der Waals surface area contributed by atoms with Gasteiger partial charge in [-0.15, -0.1) is 0 Å². The summed E-state index contributed by atoms with van der Waals surface area (Å²) in [5.74, 6) is 0.131.